The van der Waals surface area contributed by atoms with E-state index < -0.39 is 20.8 Å². The third-order valence-electron chi connectivity index (χ3n) is 7.58. The summed E-state index contributed by atoms with van der Waals surface area (Å²) in [5.41, 5.74) is 16.3. The van der Waals surface area contributed by atoms with E-state index in [9.17, 15) is 0 Å². The van der Waals surface area contributed by atoms with Crippen molar-refractivity contribution in [3.8, 4) is 22.3 Å². The fourth-order valence-corrected chi connectivity index (χ4v) is 5.86. The summed E-state index contributed by atoms with van der Waals surface area (Å²) in [6.45, 7) is 0. The number of benzene rings is 5. The van der Waals surface area contributed by atoms with E-state index in [1.54, 1.807) is 0 Å². The van der Waals surface area contributed by atoms with Crippen LogP contribution >= 0.6 is 17.0 Å². The number of fused-ring (bicyclic) bond motifs is 2. The van der Waals surface area contributed by atoms with Gasteiger partial charge in [-0.2, -0.15) is 0 Å². The Morgan fingerprint density at radius 3 is 1.18 bits per heavy atom. The topological polar surface area (TPSA) is 0 Å². The molecular formula is C36H26Cl2Zr. The standard InChI is InChI=1S/C36H26.2ClH.Zr/c1-3-11-25(12-4-1)31-19-9-15-27-21-29(23-35(27)31)33-17-7-8-18-34(33)30-22-28-16-10-20-32(36(28)24-30)26-13-5-2-6-14-26;;;/h1-20,23-24H,21-22H2;2*1H;/q;;;+2/p-2. The molecule has 2 aliphatic rings. The van der Waals surface area contributed by atoms with Gasteiger partial charge in [0.05, 0.1) is 0 Å². The van der Waals surface area contributed by atoms with Gasteiger partial charge in [-0.15, -0.1) is 0 Å². The Kier molecular flexibility index (Phi) is 8.12. The van der Waals surface area contributed by atoms with Crippen LogP contribution in [0.5, 0.6) is 0 Å². The van der Waals surface area contributed by atoms with Gasteiger partial charge in [0.2, 0.25) is 0 Å². The normalized spacial score (nSPS) is 13.0. The number of halogens is 2. The van der Waals surface area contributed by atoms with Crippen LogP contribution in [0.1, 0.15) is 33.4 Å². The summed E-state index contributed by atoms with van der Waals surface area (Å²) in [5.74, 6) is 0. The molecule has 0 saturated heterocycles. The fourth-order valence-electron chi connectivity index (χ4n) is 5.86. The molecular weight excluding hydrogens is 595 g/mol. The molecule has 0 heterocycles. The Labute approximate surface area is 249 Å². The molecule has 5 aromatic rings. The molecule has 0 amide bonds. The molecule has 0 fully saturated rings. The van der Waals surface area contributed by atoms with E-state index in [2.05, 4.69) is 133 Å². The van der Waals surface area contributed by atoms with Gasteiger partial charge in [0, 0.05) is 0 Å². The SMILES string of the molecule is C1=C(c2ccccc2C2=Cc3c(cccc3-c3ccccc3)C2)Cc2cccc(-c3ccccc3)c21.[Cl][Zr][Cl]. The molecule has 0 radical (unpaired) electrons. The number of allylic oxidation sites excluding steroid dienone is 2. The van der Waals surface area contributed by atoms with Gasteiger partial charge in [-0.1, -0.05) is 121 Å². The molecule has 0 atom stereocenters. The van der Waals surface area contributed by atoms with Crippen molar-refractivity contribution in [2.24, 2.45) is 0 Å². The van der Waals surface area contributed by atoms with Gasteiger partial charge in [0.1, 0.15) is 0 Å². The van der Waals surface area contributed by atoms with Crippen molar-refractivity contribution in [3.63, 3.8) is 0 Å². The Balaban J connectivity index is 0.000000883. The van der Waals surface area contributed by atoms with E-state index in [0.29, 0.717) is 0 Å². The third-order valence-corrected chi connectivity index (χ3v) is 7.58. The zero-order valence-electron chi connectivity index (χ0n) is 21.4. The van der Waals surface area contributed by atoms with E-state index in [0.717, 1.165) is 12.8 Å². The fraction of sp³-hybridized carbons (Fsp3) is 0.0556. The van der Waals surface area contributed by atoms with Crippen molar-refractivity contribution < 1.29 is 20.8 Å². The van der Waals surface area contributed by atoms with E-state index in [1.807, 2.05) is 0 Å². The summed E-state index contributed by atoms with van der Waals surface area (Å²) < 4.78 is 0. The first kappa shape index (κ1) is 26.3. The Morgan fingerprint density at radius 2 is 0.769 bits per heavy atom. The first-order chi connectivity index (χ1) is 19.3. The maximum absolute atomic E-state index is 4.93. The van der Waals surface area contributed by atoms with Crippen LogP contribution in [0.2, 0.25) is 0 Å². The van der Waals surface area contributed by atoms with Crippen molar-refractivity contribution in [2.45, 2.75) is 12.8 Å². The molecule has 188 valence electrons. The molecule has 0 aromatic heterocycles. The molecule has 0 N–H and O–H groups in total. The summed E-state index contributed by atoms with van der Waals surface area (Å²) in [6, 6.07) is 43.9. The van der Waals surface area contributed by atoms with Crippen LogP contribution in [0.3, 0.4) is 0 Å². The zero-order valence-corrected chi connectivity index (χ0v) is 25.3. The van der Waals surface area contributed by atoms with Gasteiger partial charge < -0.3 is 0 Å². The van der Waals surface area contributed by atoms with Crippen LogP contribution in [-0.4, -0.2) is 0 Å². The quantitative estimate of drug-likeness (QED) is 0.188. The summed E-state index contributed by atoms with van der Waals surface area (Å²) in [5, 5.41) is 0. The average Bonchev–Trinajstić information content (AvgIpc) is 3.63. The molecule has 7 rings (SSSR count). The molecule has 0 spiro atoms. The molecule has 0 saturated carbocycles. The molecule has 0 aliphatic heterocycles. The van der Waals surface area contributed by atoms with Crippen molar-refractivity contribution in [2.75, 3.05) is 0 Å². The molecule has 0 unspecified atom stereocenters. The summed E-state index contributed by atoms with van der Waals surface area (Å²) in [6.07, 6.45) is 6.80. The van der Waals surface area contributed by atoms with E-state index in [4.69, 9.17) is 17.0 Å². The molecule has 3 heteroatoms. The summed E-state index contributed by atoms with van der Waals surface area (Å²) >= 11 is -0.826. The van der Waals surface area contributed by atoms with Crippen molar-refractivity contribution in [1.82, 2.24) is 0 Å². The second-order valence-corrected chi connectivity index (χ2v) is 13.5. The second-order valence-electron chi connectivity index (χ2n) is 9.80. The van der Waals surface area contributed by atoms with Gasteiger partial charge in [-0.25, -0.2) is 0 Å². The number of hydrogen-bond donors (Lipinski definition) is 0. The Morgan fingerprint density at radius 1 is 0.410 bits per heavy atom. The maximum atomic E-state index is 4.93. The van der Waals surface area contributed by atoms with Gasteiger partial charge in [0.25, 0.3) is 0 Å². The second kappa shape index (κ2) is 12.1. The van der Waals surface area contributed by atoms with Crippen LogP contribution < -0.4 is 0 Å². The van der Waals surface area contributed by atoms with Crippen molar-refractivity contribution in [1.29, 1.82) is 0 Å². The first-order valence-corrected chi connectivity index (χ1v) is 19.4. The van der Waals surface area contributed by atoms with E-state index >= 15 is 0 Å². The number of hydrogen-bond acceptors (Lipinski definition) is 0. The Bertz CT molecular complexity index is 1560. The molecule has 2 aliphatic carbocycles. The van der Waals surface area contributed by atoms with Gasteiger partial charge in [0.15, 0.2) is 0 Å². The van der Waals surface area contributed by atoms with Crippen molar-refractivity contribution in [3.05, 3.63) is 155 Å². The molecule has 5 aromatic carbocycles. The summed E-state index contributed by atoms with van der Waals surface area (Å²) in [4.78, 5) is 0. The average molecular weight is 621 g/mol. The monoisotopic (exact) mass is 618 g/mol. The van der Waals surface area contributed by atoms with Crippen LogP contribution in [0.25, 0.3) is 45.6 Å². The zero-order chi connectivity index (χ0) is 26.6. The minimum atomic E-state index is -0.826. The minimum absolute atomic E-state index is 0.826. The number of rotatable bonds is 4. The van der Waals surface area contributed by atoms with Crippen LogP contribution in [0.15, 0.2) is 121 Å². The molecule has 39 heavy (non-hydrogen) atoms. The van der Waals surface area contributed by atoms with Gasteiger partial charge in [-0.05, 0) is 91.8 Å². The van der Waals surface area contributed by atoms with Crippen molar-refractivity contribution >= 4 is 40.3 Å². The van der Waals surface area contributed by atoms with E-state index in [-0.39, 0.29) is 0 Å². The molecule has 0 nitrogen and oxygen atoms in total. The Hall–Kier alpha value is -2.96. The predicted molar refractivity (Wildman–Crippen MR) is 165 cm³/mol. The van der Waals surface area contributed by atoms with Gasteiger partial charge >= 0.3 is 37.9 Å². The summed E-state index contributed by atoms with van der Waals surface area (Å²) in [7, 11) is 9.87. The predicted octanol–water partition coefficient (Wildman–Crippen LogP) is 10.6. The van der Waals surface area contributed by atoms with Gasteiger partial charge in [-0.3, -0.25) is 0 Å². The molecule has 0 bridgehead atoms. The van der Waals surface area contributed by atoms with E-state index in [1.165, 1.54) is 66.8 Å². The third kappa shape index (κ3) is 5.42. The van der Waals surface area contributed by atoms with Crippen LogP contribution in [0, 0.1) is 0 Å². The first-order valence-electron chi connectivity index (χ1n) is 13.1. The van der Waals surface area contributed by atoms with Crippen LogP contribution in [-0.2, 0) is 33.7 Å². The van der Waals surface area contributed by atoms with Crippen LogP contribution in [0.4, 0.5) is 0 Å².